The van der Waals surface area contributed by atoms with E-state index in [2.05, 4.69) is 127 Å². The van der Waals surface area contributed by atoms with Crippen molar-refractivity contribution in [1.29, 1.82) is 0 Å². The Morgan fingerprint density at radius 2 is 1.22 bits per heavy atom. The van der Waals surface area contributed by atoms with Crippen LogP contribution in [-0.4, -0.2) is 21.1 Å². The van der Waals surface area contributed by atoms with Gasteiger partial charge in [0.1, 0.15) is 0 Å². The Bertz CT molecular complexity index is 4140. The molecule has 13 rings (SSSR count). The van der Waals surface area contributed by atoms with Crippen molar-refractivity contribution in [3.05, 3.63) is 209 Å². The zero-order chi connectivity index (χ0) is 52.0. The van der Waals surface area contributed by atoms with Gasteiger partial charge in [-0.25, -0.2) is 0 Å². The molecule has 0 bridgehead atoms. The number of fused-ring (bicyclic) bond motifs is 10. The van der Waals surface area contributed by atoms with E-state index in [1.807, 2.05) is 65.2 Å². The van der Waals surface area contributed by atoms with E-state index >= 15 is 0 Å². The second kappa shape index (κ2) is 15.0. The van der Waals surface area contributed by atoms with Crippen LogP contribution in [-0.2, 0) is 24.8 Å². The molecule has 0 fully saturated rings. The van der Waals surface area contributed by atoms with E-state index in [1.165, 1.54) is 11.0 Å². The topological polar surface area (TPSA) is 38.5 Å². The van der Waals surface area contributed by atoms with Gasteiger partial charge >= 0.3 is 343 Å². The summed E-state index contributed by atoms with van der Waals surface area (Å²) in [5.41, 5.74) is 14.5. The van der Waals surface area contributed by atoms with Gasteiger partial charge in [0.2, 0.25) is 0 Å². The fraction of sp³-hybridized carbons (Fsp3) is 0.0847. The van der Waals surface area contributed by atoms with Gasteiger partial charge < -0.3 is 0 Å². The first kappa shape index (κ1) is 32.2. The molecule has 0 radical (unpaired) electrons. The van der Waals surface area contributed by atoms with E-state index in [-0.39, 0.29) is 47.2 Å². The summed E-state index contributed by atoms with van der Waals surface area (Å²) in [7, 11) is 0. The summed E-state index contributed by atoms with van der Waals surface area (Å²) in [6.07, 6.45) is 0. The van der Waals surface area contributed by atoms with Crippen molar-refractivity contribution in [1.82, 2.24) is 14.1 Å². The summed E-state index contributed by atoms with van der Waals surface area (Å²) >= 11 is 2.27. The number of aromatic nitrogens is 3. The molecule has 3 aliphatic rings. The summed E-state index contributed by atoms with van der Waals surface area (Å²) in [5, 5.41) is 0. The zero-order valence-electron chi connectivity index (χ0n) is 44.6. The van der Waals surface area contributed by atoms with Crippen molar-refractivity contribution in [2.24, 2.45) is 0 Å². The van der Waals surface area contributed by atoms with Gasteiger partial charge in [-0.2, -0.15) is 0 Å². The van der Waals surface area contributed by atoms with Crippen molar-refractivity contribution < 1.29 is 35.1 Å². The van der Waals surface area contributed by atoms with Crippen LogP contribution in [0.3, 0.4) is 0 Å². The number of pyridine rings is 1. The second-order valence-electron chi connectivity index (χ2n) is 18.1. The molecule has 324 valence electrons. The monoisotopic (exact) mass is 1050 g/mol. The number of imidazole rings is 1. The molecule has 0 atom stereocenters. The Labute approximate surface area is 412 Å². The predicted molar refractivity (Wildman–Crippen MR) is 271 cm³/mol. The summed E-state index contributed by atoms with van der Waals surface area (Å²) < 4.78 is 82.1. The van der Waals surface area contributed by atoms with E-state index in [9.17, 15) is 2.74 Å². The molecule has 3 aliphatic heterocycles. The van der Waals surface area contributed by atoms with E-state index in [4.69, 9.17) is 17.9 Å². The van der Waals surface area contributed by atoms with Crippen molar-refractivity contribution in [2.45, 2.75) is 33.0 Å². The van der Waals surface area contributed by atoms with Gasteiger partial charge in [-0.15, -0.1) is 0 Å². The third-order valence-corrected chi connectivity index (χ3v) is 14.3. The number of rotatable bonds is 6. The fourth-order valence-electron chi connectivity index (χ4n) is 10.3. The Kier molecular flexibility index (Phi) is 7.23. The molecule has 0 N–H and O–H groups in total. The van der Waals surface area contributed by atoms with Crippen molar-refractivity contribution >= 4 is 46.4 Å². The van der Waals surface area contributed by atoms with E-state index in [1.54, 1.807) is 30.3 Å². The first-order valence-electron chi connectivity index (χ1n) is 26.2. The molecule has 0 saturated carbocycles. The number of benzene rings is 8. The van der Waals surface area contributed by atoms with E-state index in [0.717, 1.165) is 61.5 Å². The molecule has 0 unspecified atom stereocenters. The molecule has 0 amide bonds. The maximum absolute atomic E-state index is 9.20. The summed E-state index contributed by atoms with van der Waals surface area (Å²) in [5.74, 6) is 1.02. The van der Waals surface area contributed by atoms with Crippen LogP contribution in [0.25, 0.3) is 66.9 Å². The first-order valence-corrected chi connectivity index (χ1v) is 23.4. The van der Waals surface area contributed by atoms with Crippen LogP contribution in [0.5, 0.6) is 11.6 Å². The summed E-state index contributed by atoms with van der Waals surface area (Å²) in [6.45, 7) is 3.68. The molecular weight excluding hydrogens is 1000 g/mol. The van der Waals surface area contributed by atoms with Gasteiger partial charge in [-0.05, 0) is 17.7 Å². The van der Waals surface area contributed by atoms with Gasteiger partial charge in [0.05, 0.1) is 0 Å². The van der Waals surface area contributed by atoms with E-state index in [0.29, 0.717) is 26.6 Å². The van der Waals surface area contributed by atoms with Crippen molar-refractivity contribution in [2.75, 3.05) is 9.62 Å². The molecule has 0 saturated heterocycles. The SMILES string of the molecule is [2H]c1c([2H])c([2H])c(-c2cccc(-c3cccc(C(C)(C)C)c3)c2-n2[c](=[Pt])n(-c3ccc(C([2H])([2H])[2H])c(Oc4ccc5c(n4)N4B6c7c(cccc7-5)-c5ccccc5N6c5ccccc54)c3)c3ccccc32)c([2H])c1[2H]. The van der Waals surface area contributed by atoms with Crippen LogP contribution in [0, 0.1) is 10.7 Å². The van der Waals surface area contributed by atoms with E-state index < -0.39 is 25.0 Å². The van der Waals surface area contributed by atoms with Crippen LogP contribution in [0.1, 0.15) is 42.9 Å². The molecule has 67 heavy (non-hydrogen) atoms. The number of para-hydroxylation sites is 6. The number of hydrogen-bond acceptors (Lipinski definition) is 4. The normalized spacial score (nSPS) is 15.0. The quantitative estimate of drug-likeness (QED) is 0.156. The maximum atomic E-state index is 9.20. The van der Waals surface area contributed by atoms with Gasteiger partial charge in [0.25, 0.3) is 0 Å². The van der Waals surface area contributed by atoms with Gasteiger partial charge in [0, 0.05) is 11.3 Å². The average molecular weight is 1050 g/mol. The fourth-order valence-corrected chi connectivity index (χ4v) is 11.4. The molecule has 6 nitrogen and oxygen atoms in total. The van der Waals surface area contributed by atoms with Crippen LogP contribution in [0.2, 0.25) is 0 Å². The van der Waals surface area contributed by atoms with Crippen LogP contribution >= 0.6 is 0 Å². The second-order valence-corrected chi connectivity index (χ2v) is 19.1. The van der Waals surface area contributed by atoms with Gasteiger partial charge in [-0.3, -0.25) is 0 Å². The molecule has 0 aliphatic carbocycles. The van der Waals surface area contributed by atoms with Gasteiger partial charge in [-0.1, -0.05) is 42.5 Å². The average Bonchev–Trinajstić information content (AvgIpc) is 3.94. The van der Waals surface area contributed by atoms with Crippen LogP contribution in [0.15, 0.2) is 194 Å². The predicted octanol–water partition coefficient (Wildman–Crippen LogP) is 14.3. The molecule has 8 heteroatoms. The number of nitrogens with zero attached hydrogens (tertiary/aromatic N) is 5. The first-order chi connectivity index (χ1) is 36.0. The van der Waals surface area contributed by atoms with Crippen molar-refractivity contribution in [3.63, 3.8) is 0 Å². The summed E-state index contributed by atoms with van der Waals surface area (Å²) in [4.78, 5) is 9.92. The zero-order valence-corrected chi connectivity index (χ0v) is 38.9. The molecule has 2 aromatic heterocycles. The number of anilines is 4. The molecular formula is C59H44BN5OPt. The summed E-state index contributed by atoms with van der Waals surface area (Å²) in [6, 6.07) is 52.0. The molecule has 8 aromatic carbocycles. The standard InChI is InChI=1S/C59H44BN5O.Pt/c1-38-31-32-42(62-37-63(51-28-11-10-27-50(51)62)57-43(39-17-6-5-7-18-39)22-15-23-44(57)40-19-14-20-41(35-40)59(2,3)4)36-54(38)66-55-34-33-48-47-25-16-24-46-45-21-8-9-26-49(45)64-52-29-12-13-30-53(52)65(58(48)61-55)60(64)56(46)47;/h5-36H,1-4H3;/i1D3,5D,6D,7D,17D,18D;. The third kappa shape index (κ3) is 6.07. The number of aryl methyl sites for hydroxylation is 1. The Hall–Kier alpha value is -7.47. The minimum atomic E-state index is -2.56. The number of ether oxygens (including phenoxy) is 1. The number of hydrogen-bond donors (Lipinski definition) is 0. The molecule has 10 aromatic rings. The van der Waals surface area contributed by atoms with Crippen molar-refractivity contribution in [3.8, 4) is 67.5 Å². The Morgan fingerprint density at radius 1 is 0.582 bits per heavy atom. The Morgan fingerprint density at radius 3 is 1.99 bits per heavy atom. The molecule has 5 heterocycles. The Balaban J connectivity index is 0.999. The van der Waals surface area contributed by atoms with Crippen LogP contribution < -0.4 is 19.8 Å². The van der Waals surface area contributed by atoms with Crippen LogP contribution in [0.4, 0.5) is 22.9 Å². The molecule has 0 spiro atoms. The minimum absolute atomic E-state index is 0.00873. The van der Waals surface area contributed by atoms with Gasteiger partial charge in [0.15, 0.2) is 0 Å². The third-order valence-electron chi connectivity index (χ3n) is 13.3.